The molecule has 1 aliphatic rings. The van der Waals surface area contributed by atoms with Crippen molar-refractivity contribution in [3.63, 3.8) is 0 Å². The number of halogens is 1. The second kappa shape index (κ2) is 9.62. The second-order valence-electron chi connectivity index (χ2n) is 11.1. The molecule has 1 atom stereocenters. The Morgan fingerprint density at radius 1 is 1.13 bits per heavy atom. The molecule has 198 valence electrons. The average Bonchev–Trinajstić information content (AvgIpc) is 3.27. The van der Waals surface area contributed by atoms with Gasteiger partial charge in [0.25, 0.3) is 0 Å². The van der Waals surface area contributed by atoms with Gasteiger partial charge in [-0.3, -0.25) is 4.79 Å². The van der Waals surface area contributed by atoms with Gasteiger partial charge in [-0.25, -0.2) is 13.9 Å². The SMILES string of the molecule is CC(=O)C(OC(C)(C)C)c1c(C)nc2cc(-c3ccc(C)cc3)nn2c1-c1cc(F)c2c(c1C)CCCO2. The summed E-state index contributed by atoms with van der Waals surface area (Å²) in [5, 5.41) is 4.95. The van der Waals surface area contributed by atoms with Crippen LogP contribution in [0.5, 0.6) is 5.75 Å². The monoisotopic (exact) mass is 515 g/mol. The molecule has 2 aromatic heterocycles. The summed E-state index contributed by atoms with van der Waals surface area (Å²) in [7, 11) is 0. The Morgan fingerprint density at radius 3 is 2.50 bits per heavy atom. The maximum atomic E-state index is 15.5. The van der Waals surface area contributed by atoms with E-state index < -0.39 is 17.5 Å². The number of hydrogen-bond acceptors (Lipinski definition) is 5. The molecule has 0 amide bonds. The number of ketones is 1. The minimum Gasteiger partial charge on any atom is -0.490 e. The van der Waals surface area contributed by atoms with Crippen molar-refractivity contribution in [2.45, 2.75) is 73.0 Å². The molecule has 0 bridgehead atoms. The molecule has 0 radical (unpaired) electrons. The Labute approximate surface area is 222 Å². The van der Waals surface area contributed by atoms with Crippen molar-refractivity contribution >= 4 is 11.4 Å². The van der Waals surface area contributed by atoms with Crippen LogP contribution in [0.2, 0.25) is 0 Å². The van der Waals surface area contributed by atoms with E-state index in [0.717, 1.165) is 40.8 Å². The van der Waals surface area contributed by atoms with Crippen molar-refractivity contribution in [1.82, 2.24) is 14.6 Å². The van der Waals surface area contributed by atoms with Gasteiger partial charge in [0.1, 0.15) is 6.10 Å². The van der Waals surface area contributed by atoms with Crippen molar-refractivity contribution in [3.8, 4) is 28.3 Å². The number of Topliss-reactive ketones (excluding diaryl/α,β-unsaturated/α-hetero) is 1. The zero-order valence-corrected chi connectivity index (χ0v) is 23.1. The van der Waals surface area contributed by atoms with E-state index in [9.17, 15) is 4.79 Å². The van der Waals surface area contributed by atoms with Crippen molar-refractivity contribution in [2.75, 3.05) is 6.61 Å². The smallest absolute Gasteiger partial charge is 0.166 e. The second-order valence-corrected chi connectivity index (χ2v) is 11.1. The lowest BCUT2D eigenvalue weighted by molar-refractivity contribution is -0.138. The third-order valence-electron chi connectivity index (χ3n) is 6.97. The first-order chi connectivity index (χ1) is 17.9. The lowest BCUT2D eigenvalue weighted by atomic mass is 9.90. The molecule has 1 aliphatic heterocycles. The van der Waals surface area contributed by atoms with E-state index >= 15 is 4.39 Å². The van der Waals surface area contributed by atoms with Crippen LogP contribution in [0.4, 0.5) is 4.39 Å². The van der Waals surface area contributed by atoms with Crippen LogP contribution in [-0.2, 0) is 16.0 Å². The molecule has 0 fully saturated rings. The van der Waals surface area contributed by atoms with Gasteiger partial charge < -0.3 is 9.47 Å². The molecule has 5 rings (SSSR count). The van der Waals surface area contributed by atoms with Gasteiger partial charge in [0.2, 0.25) is 0 Å². The molecule has 0 spiro atoms. The van der Waals surface area contributed by atoms with Gasteiger partial charge in [-0.15, -0.1) is 0 Å². The molecule has 0 aliphatic carbocycles. The topological polar surface area (TPSA) is 65.7 Å². The van der Waals surface area contributed by atoms with Crippen LogP contribution in [0.25, 0.3) is 28.2 Å². The number of rotatable bonds is 5. The third kappa shape index (κ3) is 4.71. The van der Waals surface area contributed by atoms with E-state index in [1.165, 1.54) is 13.0 Å². The van der Waals surface area contributed by atoms with E-state index in [4.69, 9.17) is 19.6 Å². The molecule has 4 aromatic rings. The highest BCUT2D eigenvalue weighted by molar-refractivity contribution is 5.86. The quantitative estimate of drug-likeness (QED) is 0.289. The molecule has 3 heterocycles. The number of fused-ring (bicyclic) bond motifs is 2. The fraction of sp³-hybridized carbons (Fsp3) is 0.387. The summed E-state index contributed by atoms with van der Waals surface area (Å²) < 4.78 is 29.3. The number of benzene rings is 2. The number of carbonyl (C=O) groups excluding carboxylic acids is 1. The lowest BCUT2D eigenvalue weighted by Gasteiger charge is -2.29. The Hall–Kier alpha value is -3.58. The summed E-state index contributed by atoms with van der Waals surface area (Å²) in [6.45, 7) is 13.6. The summed E-state index contributed by atoms with van der Waals surface area (Å²) in [5.74, 6) is -0.261. The summed E-state index contributed by atoms with van der Waals surface area (Å²) in [4.78, 5) is 17.9. The number of nitrogens with zero attached hydrogens (tertiary/aromatic N) is 3. The summed E-state index contributed by atoms with van der Waals surface area (Å²) in [5.41, 5.74) is 7.10. The van der Waals surface area contributed by atoms with Crippen LogP contribution in [-0.4, -0.2) is 32.6 Å². The molecular weight excluding hydrogens is 481 g/mol. The third-order valence-corrected chi connectivity index (χ3v) is 6.97. The van der Waals surface area contributed by atoms with Gasteiger partial charge in [0, 0.05) is 34.0 Å². The fourth-order valence-electron chi connectivity index (χ4n) is 5.17. The first-order valence-corrected chi connectivity index (χ1v) is 13.1. The van der Waals surface area contributed by atoms with Crippen molar-refractivity contribution in [3.05, 3.63) is 70.2 Å². The van der Waals surface area contributed by atoms with Crippen LogP contribution in [0, 0.1) is 26.6 Å². The van der Waals surface area contributed by atoms with Crippen LogP contribution in [0.3, 0.4) is 0 Å². The maximum Gasteiger partial charge on any atom is 0.166 e. The van der Waals surface area contributed by atoms with Crippen LogP contribution in [0.15, 0.2) is 36.4 Å². The van der Waals surface area contributed by atoms with Gasteiger partial charge >= 0.3 is 0 Å². The first-order valence-electron chi connectivity index (χ1n) is 13.1. The van der Waals surface area contributed by atoms with E-state index in [0.29, 0.717) is 40.5 Å². The van der Waals surface area contributed by atoms with Crippen LogP contribution < -0.4 is 4.74 Å². The highest BCUT2D eigenvalue weighted by Gasteiger charge is 2.33. The molecule has 38 heavy (non-hydrogen) atoms. The Balaban J connectivity index is 1.86. The van der Waals surface area contributed by atoms with Gasteiger partial charge in [-0.1, -0.05) is 29.8 Å². The van der Waals surface area contributed by atoms with Crippen molar-refractivity contribution in [2.24, 2.45) is 0 Å². The zero-order chi connectivity index (χ0) is 27.4. The number of carbonyl (C=O) groups is 1. The number of aromatic nitrogens is 3. The summed E-state index contributed by atoms with van der Waals surface area (Å²) in [6.07, 6.45) is 0.636. The molecule has 7 heteroatoms. The van der Waals surface area contributed by atoms with Crippen LogP contribution in [0.1, 0.15) is 68.2 Å². The van der Waals surface area contributed by atoms with E-state index in [1.54, 1.807) is 4.52 Å². The maximum absolute atomic E-state index is 15.5. The normalized spacial score (nSPS) is 14.3. The average molecular weight is 516 g/mol. The Bertz CT molecular complexity index is 1550. The highest BCUT2D eigenvalue weighted by atomic mass is 19.1. The molecular formula is C31H34FN3O3. The molecule has 0 saturated carbocycles. The Kier molecular flexibility index (Phi) is 6.59. The fourth-order valence-corrected chi connectivity index (χ4v) is 5.17. The summed E-state index contributed by atoms with van der Waals surface area (Å²) >= 11 is 0. The molecule has 1 unspecified atom stereocenters. The summed E-state index contributed by atoms with van der Waals surface area (Å²) in [6, 6.07) is 11.5. The van der Waals surface area contributed by atoms with Crippen molar-refractivity contribution < 1.29 is 18.7 Å². The molecule has 0 N–H and O–H groups in total. The van der Waals surface area contributed by atoms with E-state index in [1.807, 2.05) is 71.9 Å². The number of aryl methyl sites for hydroxylation is 2. The van der Waals surface area contributed by atoms with Gasteiger partial charge in [0.05, 0.1) is 23.6 Å². The minimum atomic E-state index is -0.899. The van der Waals surface area contributed by atoms with Gasteiger partial charge in [-0.2, -0.15) is 5.10 Å². The predicted molar refractivity (Wildman–Crippen MR) is 146 cm³/mol. The Morgan fingerprint density at radius 2 is 1.84 bits per heavy atom. The molecule has 0 saturated heterocycles. The van der Waals surface area contributed by atoms with Gasteiger partial charge in [-0.05, 0) is 72.9 Å². The largest absolute Gasteiger partial charge is 0.490 e. The highest BCUT2D eigenvalue weighted by Crippen LogP contribution is 2.42. The van der Waals surface area contributed by atoms with Crippen molar-refractivity contribution in [1.29, 1.82) is 0 Å². The zero-order valence-electron chi connectivity index (χ0n) is 23.1. The van der Waals surface area contributed by atoms with Crippen LogP contribution >= 0.6 is 0 Å². The minimum absolute atomic E-state index is 0.157. The lowest BCUT2D eigenvalue weighted by Crippen LogP contribution is -2.28. The van der Waals surface area contributed by atoms with E-state index in [2.05, 4.69) is 0 Å². The standard InChI is InChI=1S/C31H34FN3O3/c1-17-10-12-21(13-11-17)25-16-26-33-19(3)27(29(20(4)36)38-31(5,6)7)28(35(26)34-25)23-15-24(32)30-22(18(23)2)9-8-14-37-30/h10-13,15-16,29H,8-9,14H2,1-7H3. The number of ether oxygens (including phenoxy) is 2. The predicted octanol–water partition coefficient (Wildman–Crippen LogP) is 6.90. The number of hydrogen-bond donors (Lipinski definition) is 0. The molecule has 6 nitrogen and oxygen atoms in total. The van der Waals surface area contributed by atoms with E-state index in [-0.39, 0.29) is 5.78 Å². The first kappa shape index (κ1) is 26.0. The molecule has 2 aromatic carbocycles. The van der Waals surface area contributed by atoms with Gasteiger partial charge in [0.15, 0.2) is 23.0 Å².